The lowest BCUT2D eigenvalue weighted by Gasteiger charge is -2.29. The van der Waals surface area contributed by atoms with Crippen molar-refractivity contribution in [3.8, 4) is 11.5 Å². The minimum atomic E-state index is -2.93. The highest BCUT2D eigenvalue weighted by molar-refractivity contribution is 5.78. The number of nitrogens with zero attached hydrogens (tertiary/aromatic N) is 1. The van der Waals surface area contributed by atoms with E-state index in [0.717, 1.165) is 12.0 Å². The van der Waals surface area contributed by atoms with Gasteiger partial charge in [0.05, 0.1) is 19.6 Å². The molecule has 0 aliphatic carbocycles. The predicted octanol–water partition coefficient (Wildman–Crippen LogP) is 1.75. The van der Waals surface area contributed by atoms with Crippen LogP contribution >= 0.6 is 0 Å². The largest absolute Gasteiger partial charge is 0.493 e. The van der Waals surface area contributed by atoms with Crippen LogP contribution in [0.4, 0.5) is 8.78 Å². The number of aliphatic carboxylic acids is 1. The first kappa shape index (κ1) is 20.9. The number of methoxy groups -OCH3 is 1. The Labute approximate surface area is 156 Å². The Morgan fingerprint density at radius 2 is 2.15 bits per heavy atom. The molecular formula is C18H24F2N2O5. The summed E-state index contributed by atoms with van der Waals surface area (Å²) >= 11 is 0. The summed E-state index contributed by atoms with van der Waals surface area (Å²) in [4.78, 5) is 25.0. The number of likely N-dealkylation sites (tertiary alicyclic amines) is 1. The second-order valence-corrected chi connectivity index (χ2v) is 6.38. The fourth-order valence-corrected chi connectivity index (χ4v) is 3.07. The summed E-state index contributed by atoms with van der Waals surface area (Å²) in [6.45, 7) is -1.31. The number of benzene rings is 1. The number of piperidine rings is 1. The molecule has 0 saturated carbocycles. The van der Waals surface area contributed by atoms with Crippen LogP contribution < -0.4 is 14.8 Å². The number of alkyl halides is 2. The van der Waals surface area contributed by atoms with Gasteiger partial charge in [-0.1, -0.05) is 6.07 Å². The number of rotatable bonds is 9. The molecule has 1 saturated heterocycles. The number of carbonyl (C=O) groups is 2. The van der Waals surface area contributed by atoms with E-state index in [9.17, 15) is 18.4 Å². The summed E-state index contributed by atoms with van der Waals surface area (Å²) in [6, 6.07) is 4.63. The van der Waals surface area contributed by atoms with Gasteiger partial charge in [0.1, 0.15) is 0 Å². The predicted molar refractivity (Wildman–Crippen MR) is 93.1 cm³/mol. The number of ether oxygens (including phenoxy) is 2. The monoisotopic (exact) mass is 386 g/mol. The molecule has 1 aliphatic heterocycles. The van der Waals surface area contributed by atoms with Gasteiger partial charge in [0, 0.05) is 13.1 Å². The zero-order chi connectivity index (χ0) is 19.8. The van der Waals surface area contributed by atoms with Crippen molar-refractivity contribution in [2.45, 2.75) is 25.9 Å². The number of hydrogen-bond acceptors (Lipinski definition) is 5. The van der Waals surface area contributed by atoms with Crippen LogP contribution in [0.2, 0.25) is 0 Å². The first-order valence-corrected chi connectivity index (χ1v) is 8.72. The van der Waals surface area contributed by atoms with Crippen molar-refractivity contribution in [1.29, 1.82) is 0 Å². The first-order chi connectivity index (χ1) is 12.9. The van der Waals surface area contributed by atoms with Crippen LogP contribution in [0.5, 0.6) is 11.5 Å². The van der Waals surface area contributed by atoms with E-state index in [1.54, 1.807) is 12.1 Å². The maximum atomic E-state index is 12.3. The Morgan fingerprint density at radius 3 is 2.81 bits per heavy atom. The summed E-state index contributed by atoms with van der Waals surface area (Å²) in [5.74, 6) is -1.27. The van der Waals surface area contributed by atoms with Crippen LogP contribution in [0.3, 0.4) is 0 Å². The summed E-state index contributed by atoms with van der Waals surface area (Å²) < 4.78 is 34.1. The van der Waals surface area contributed by atoms with E-state index < -0.39 is 18.5 Å². The lowest BCUT2D eigenvalue weighted by atomic mass is 9.98. The lowest BCUT2D eigenvalue weighted by Crippen LogP contribution is -2.44. The quantitative estimate of drug-likeness (QED) is 0.672. The van der Waals surface area contributed by atoms with Gasteiger partial charge in [-0.05, 0) is 43.5 Å². The number of nitrogens with one attached hydrogen (secondary N) is 1. The second kappa shape index (κ2) is 10.1. The van der Waals surface area contributed by atoms with Crippen molar-refractivity contribution >= 4 is 11.9 Å². The molecule has 1 unspecified atom stereocenters. The average molecular weight is 386 g/mol. The molecular weight excluding hydrogens is 362 g/mol. The van der Waals surface area contributed by atoms with Crippen molar-refractivity contribution < 1.29 is 33.0 Å². The number of hydrogen-bond donors (Lipinski definition) is 2. The van der Waals surface area contributed by atoms with Crippen LogP contribution in [0, 0.1) is 5.92 Å². The fraction of sp³-hybridized carbons (Fsp3) is 0.556. The van der Waals surface area contributed by atoms with Gasteiger partial charge in [0.25, 0.3) is 0 Å². The fourth-order valence-electron chi connectivity index (χ4n) is 3.07. The molecule has 2 N–H and O–H groups in total. The molecule has 27 heavy (non-hydrogen) atoms. The highest BCUT2D eigenvalue weighted by Crippen LogP contribution is 2.29. The van der Waals surface area contributed by atoms with Gasteiger partial charge < -0.3 is 19.9 Å². The van der Waals surface area contributed by atoms with Gasteiger partial charge in [-0.2, -0.15) is 8.78 Å². The maximum absolute atomic E-state index is 12.3. The molecule has 0 aromatic heterocycles. The zero-order valence-electron chi connectivity index (χ0n) is 15.1. The van der Waals surface area contributed by atoms with Crippen molar-refractivity contribution in [3.63, 3.8) is 0 Å². The molecule has 1 fully saturated rings. The van der Waals surface area contributed by atoms with Crippen molar-refractivity contribution in [2.24, 2.45) is 5.92 Å². The van der Waals surface area contributed by atoms with Crippen molar-refractivity contribution in [3.05, 3.63) is 23.8 Å². The van der Waals surface area contributed by atoms with Crippen LogP contribution in [-0.4, -0.2) is 61.8 Å². The third kappa shape index (κ3) is 6.67. The Hall–Kier alpha value is -2.42. The molecule has 150 valence electrons. The van der Waals surface area contributed by atoms with Crippen LogP contribution in [0.15, 0.2) is 18.2 Å². The van der Waals surface area contributed by atoms with Crippen LogP contribution in [-0.2, 0) is 16.0 Å². The third-order valence-corrected chi connectivity index (χ3v) is 4.40. The summed E-state index contributed by atoms with van der Waals surface area (Å²) in [5.41, 5.74) is 0.803. The molecule has 1 heterocycles. The van der Waals surface area contributed by atoms with E-state index in [1.165, 1.54) is 13.2 Å². The molecule has 1 aromatic rings. The van der Waals surface area contributed by atoms with Gasteiger partial charge in [0.2, 0.25) is 5.91 Å². The molecule has 1 aromatic carbocycles. The smallest absolute Gasteiger partial charge is 0.387 e. The average Bonchev–Trinajstić information content (AvgIpc) is 2.62. The molecule has 2 rings (SSSR count). The number of halogens is 2. The lowest BCUT2D eigenvalue weighted by molar-refractivity contribution is -0.144. The SMILES string of the molecule is COc1cc(CCNC(=O)CN2CCCC(C(=O)O)C2)ccc1OC(F)F. The molecule has 0 spiro atoms. The molecule has 0 radical (unpaired) electrons. The zero-order valence-corrected chi connectivity index (χ0v) is 15.1. The minimum absolute atomic E-state index is 0.0432. The number of carboxylic acids is 1. The Bertz CT molecular complexity index is 657. The van der Waals surface area contributed by atoms with Gasteiger partial charge in [0.15, 0.2) is 11.5 Å². The van der Waals surface area contributed by atoms with Crippen LogP contribution in [0.1, 0.15) is 18.4 Å². The second-order valence-electron chi connectivity index (χ2n) is 6.38. The molecule has 0 bridgehead atoms. The number of carbonyl (C=O) groups excluding carboxylic acids is 1. The minimum Gasteiger partial charge on any atom is -0.493 e. The van der Waals surface area contributed by atoms with Gasteiger partial charge in [-0.3, -0.25) is 14.5 Å². The topological polar surface area (TPSA) is 88.1 Å². The summed E-state index contributed by atoms with van der Waals surface area (Å²) in [5, 5.41) is 11.9. The Kier molecular flexibility index (Phi) is 7.78. The van der Waals surface area contributed by atoms with E-state index in [2.05, 4.69) is 10.1 Å². The molecule has 7 nitrogen and oxygen atoms in total. The highest BCUT2D eigenvalue weighted by atomic mass is 19.3. The Balaban J connectivity index is 1.78. The Morgan fingerprint density at radius 1 is 1.37 bits per heavy atom. The van der Waals surface area contributed by atoms with E-state index in [0.29, 0.717) is 32.5 Å². The summed E-state index contributed by atoms with van der Waals surface area (Å²) in [6.07, 6.45) is 1.90. The number of carboxylic acid groups (broad SMARTS) is 1. The van der Waals surface area contributed by atoms with Gasteiger partial charge in [-0.25, -0.2) is 0 Å². The van der Waals surface area contributed by atoms with Gasteiger partial charge in [-0.15, -0.1) is 0 Å². The summed E-state index contributed by atoms with van der Waals surface area (Å²) in [7, 11) is 1.36. The normalized spacial score (nSPS) is 17.6. The van der Waals surface area contributed by atoms with Crippen LogP contribution in [0.25, 0.3) is 0 Å². The molecule has 1 aliphatic rings. The maximum Gasteiger partial charge on any atom is 0.387 e. The number of amides is 1. The molecule has 1 atom stereocenters. The third-order valence-electron chi connectivity index (χ3n) is 4.40. The molecule has 1 amide bonds. The molecule has 9 heteroatoms. The van der Waals surface area contributed by atoms with E-state index in [-0.39, 0.29) is 24.0 Å². The van der Waals surface area contributed by atoms with E-state index in [1.807, 2.05) is 4.90 Å². The standard InChI is InChI=1S/C18H24F2N2O5/c1-26-15-9-12(4-5-14(15)27-18(19)20)6-7-21-16(23)11-22-8-2-3-13(10-22)17(24)25/h4-5,9,13,18H,2-3,6-8,10-11H2,1H3,(H,21,23)(H,24,25). The van der Waals surface area contributed by atoms with E-state index >= 15 is 0 Å². The highest BCUT2D eigenvalue weighted by Gasteiger charge is 2.26. The van der Waals surface area contributed by atoms with Crippen molar-refractivity contribution in [2.75, 3.05) is 33.3 Å². The van der Waals surface area contributed by atoms with E-state index in [4.69, 9.17) is 9.84 Å². The van der Waals surface area contributed by atoms with Crippen molar-refractivity contribution in [1.82, 2.24) is 10.2 Å². The van der Waals surface area contributed by atoms with Gasteiger partial charge >= 0.3 is 12.6 Å². The first-order valence-electron chi connectivity index (χ1n) is 8.72.